The summed E-state index contributed by atoms with van der Waals surface area (Å²) in [6.45, 7) is 0. The smallest absolute Gasteiger partial charge is 0.397 e. The van der Waals surface area contributed by atoms with E-state index in [1.54, 1.807) is 18.2 Å². The fraction of sp³-hybridized carbons (Fsp3) is 0.0714. The number of hydrogen-bond acceptors (Lipinski definition) is 2. The lowest BCUT2D eigenvalue weighted by Crippen LogP contribution is -2.04. The van der Waals surface area contributed by atoms with Crippen LogP contribution < -0.4 is 5.73 Å². The number of benzene rings is 2. The van der Waals surface area contributed by atoms with Gasteiger partial charge in [-0.05, 0) is 23.8 Å². The second-order valence-corrected chi connectivity index (χ2v) is 3.95. The number of halogens is 3. The van der Waals surface area contributed by atoms with E-state index in [1.165, 1.54) is 12.1 Å². The van der Waals surface area contributed by atoms with Crippen molar-refractivity contribution in [1.29, 1.82) is 5.26 Å². The zero-order valence-corrected chi connectivity index (χ0v) is 9.70. The summed E-state index contributed by atoms with van der Waals surface area (Å²) in [5.74, 6) is 0. The van der Waals surface area contributed by atoms with Crippen LogP contribution >= 0.6 is 0 Å². The molecule has 2 N–H and O–H groups in total. The topological polar surface area (TPSA) is 49.8 Å². The first-order valence-corrected chi connectivity index (χ1v) is 5.39. The maximum Gasteiger partial charge on any atom is 0.416 e. The summed E-state index contributed by atoms with van der Waals surface area (Å²) >= 11 is 0. The summed E-state index contributed by atoms with van der Waals surface area (Å²) in [4.78, 5) is 0. The molecule has 0 saturated carbocycles. The molecular formula is C14H9F3N2. The molecule has 0 unspecified atom stereocenters. The molecule has 0 aliphatic rings. The van der Waals surface area contributed by atoms with Crippen LogP contribution in [0.2, 0.25) is 0 Å². The number of nitriles is 1. The van der Waals surface area contributed by atoms with Crippen LogP contribution in [-0.2, 0) is 6.18 Å². The van der Waals surface area contributed by atoms with E-state index in [-0.39, 0.29) is 5.69 Å². The molecule has 0 fully saturated rings. The van der Waals surface area contributed by atoms with Crippen LogP contribution in [0.15, 0.2) is 42.5 Å². The Balaban J connectivity index is 2.47. The van der Waals surface area contributed by atoms with Gasteiger partial charge in [-0.2, -0.15) is 18.4 Å². The van der Waals surface area contributed by atoms with Gasteiger partial charge >= 0.3 is 6.18 Å². The molecule has 0 aliphatic carbocycles. The van der Waals surface area contributed by atoms with E-state index in [9.17, 15) is 13.2 Å². The Morgan fingerprint density at radius 1 is 1.00 bits per heavy atom. The van der Waals surface area contributed by atoms with Crippen molar-refractivity contribution in [3.05, 3.63) is 53.6 Å². The third kappa shape index (κ3) is 2.52. The van der Waals surface area contributed by atoms with Crippen molar-refractivity contribution in [3.8, 4) is 17.2 Å². The van der Waals surface area contributed by atoms with Gasteiger partial charge in [0.2, 0.25) is 0 Å². The highest BCUT2D eigenvalue weighted by atomic mass is 19.4. The SMILES string of the molecule is N#Cc1cccc(-c2ccc(C(F)(F)F)cc2)c1N. The Morgan fingerprint density at radius 3 is 2.16 bits per heavy atom. The fourth-order valence-corrected chi connectivity index (χ4v) is 1.75. The number of alkyl halides is 3. The van der Waals surface area contributed by atoms with E-state index in [4.69, 9.17) is 11.0 Å². The van der Waals surface area contributed by atoms with Gasteiger partial charge in [0.1, 0.15) is 6.07 Å². The molecule has 19 heavy (non-hydrogen) atoms. The Morgan fingerprint density at radius 2 is 1.63 bits per heavy atom. The van der Waals surface area contributed by atoms with Gasteiger partial charge in [-0.3, -0.25) is 0 Å². The van der Waals surface area contributed by atoms with Gasteiger partial charge in [0, 0.05) is 5.56 Å². The largest absolute Gasteiger partial charge is 0.416 e. The van der Waals surface area contributed by atoms with Crippen molar-refractivity contribution in [1.82, 2.24) is 0 Å². The number of hydrogen-bond donors (Lipinski definition) is 1. The van der Waals surface area contributed by atoms with Gasteiger partial charge in [0.25, 0.3) is 0 Å². The predicted molar refractivity (Wildman–Crippen MR) is 66.0 cm³/mol. The van der Waals surface area contributed by atoms with Crippen molar-refractivity contribution in [2.24, 2.45) is 0 Å². The lowest BCUT2D eigenvalue weighted by Gasteiger charge is -2.10. The minimum atomic E-state index is -4.36. The van der Waals surface area contributed by atoms with Crippen LogP contribution in [-0.4, -0.2) is 0 Å². The van der Waals surface area contributed by atoms with Gasteiger partial charge in [-0.15, -0.1) is 0 Å². The summed E-state index contributed by atoms with van der Waals surface area (Å²) in [6.07, 6.45) is -4.36. The third-order valence-corrected chi connectivity index (χ3v) is 2.75. The van der Waals surface area contributed by atoms with Crippen LogP contribution in [0.3, 0.4) is 0 Å². The highest BCUT2D eigenvalue weighted by Crippen LogP contribution is 2.33. The molecule has 0 spiro atoms. The van der Waals surface area contributed by atoms with E-state index in [1.807, 2.05) is 6.07 Å². The molecule has 2 nitrogen and oxygen atoms in total. The zero-order valence-electron chi connectivity index (χ0n) is 9.70. The monoisotopic (exact) mass is 262 g/mol. The highest BCUT2D eigenvalue weighted by Gasteiger charge is 2.30. The minimum absolute atomic E-state index is 0.268. The van der Waals surface area contributed by atoms with Crippen molar-refractivity contribution < 1.29 is 13.2 Å². The average Bonchev–Trinajstić information content (AvgIpc) is 2.38. The maximum absolute atomic E-state index is 12.5. The van der Waals surface area contributed by atoms with Gasteiger partial charge in [-0.1, -0.05) is 24.3 Å². The summed E-state index contributed by atoms with van der Waals surface area (Å²) < 4.78 is 37.4. The summed E-state index contributed by atoms with van der Waals surface area (Å²) in [5.41, 5.74) is 6.75. The molecule has 0 radical (unpaired) electrons. The van der Waals surface area contributed by atoms with Crippen molar-refractivity contribution in [2.75, 3.05) is 5.73 Å². The maximum atomic E-state index is 12.5. The summed E-state index contributed by atoms with van der Waals surface area (Å²) in [7, 11) is 0. The predicted octanol–water partition coefficient (Wildman–Crippen LogP) is 3.83. The van der Waals surface area contributed by atoms with Crippen LogP contribution in [0.4, 0.5) is 18.9 Å². The second-order valence-electron chi connectivity index (χ2n) is 3.95. The van der Waals surface area contributed by atoms with Crippen LogP contribution in [0.5, 0.6) is 0 Å². The quantitative estimate of drug-likeness (QED) is 0.794. The standard InChI is InChI=1S/C14H9F3N2/c15-14(16,17)11-6-4-9(5-7-11)12-3-1-2-10(8-18)13(12)19/h1-7H,19H2. The first-order chi connectivity index (χ1) is 8.93. The van der Waals surface area contributed by atoms with Crippen molar-refractivity contribution >= 4 is 5.69 Å². The van der Waals surface area contributed by atoms with Crippen LogP contribution in [0.1, 0.15) is 11.1 Å². The third-order valence-electron chi connectivity index (χ3n) is 2.75. The molecule has 5 heteroatoms. The lowest BCUT2D eigenvalue weighted by molar-refractivity contribution is -0.137. The molecule has 0 aliphatic heterocycles. The molecule has 2 rings (SSSR count). The Hall–Kier alpha value is -2.48. The summed E-state index contributed by atoms with van der Waals surface area (Å²) in [5, 5.41) is 8.86. The average molecular weight is 262 g/mol. The second kappa shape index (κ2) is 4.65. The summed E-state index contributed by atoms with van der Waals surface area (Å²) in [6, 6.07) is 11.5. The number of rotatable bonds is 1. The van der Waals surface area contributed by atoms with Gasteiger partial charge < -0.3 is 5.73 Å². The fourth-order valence-electron chi connectivity index (χ4n) is 1.75. The Bertz CT molecular complexity index is 637. The van der Waals surface area contributed by atoms with Gasteiger partial charge in [0.15, 0.2) is 0 Å². The Kier molecular flexibility index (Phi) is 3.17. The van der Waals surface area contributed by atoms with E-state index in [2.05, 4.69) is 0 Å². The molecule has 0 aromatic heterocycles. The molecule has 0 atom stereocenters. The number of nitrogens with two attached hydrogens (primary N) is 1. The number of para-hydroxylation sites is 1. The molecule has 0 bridgehead atoms. The number of anilines is 1. The van der Waals surface area contributed by atoms with E-state index >= 15 is 0 Å². The number of nitrogen functional groups attached to an aromatic ring is 1. The van der Waals surface area contributed by atoms with E-state index in [0.29, 0.717) is 16.7 Å². The molecule has 2 aromatic rings. The van der Waals surface area contributed by atoms with E-state index in [0.717, 1.165) is 12.1 Å². The van der Waals surface area contributed by atoms with Gasteiger partial charge in [-0.25, -0.2) is 0 Å². The minimum Gasteiger partial charge on any atom is -0.397 e. The van der Waals surface area contributed by atoms with E-state index < -0.39 is 11.7 Å². The molecule has 0 heterocycles. The number of nitrogens with zero attached hydrogens (tertiary/aromatic N) is 1. The Labute approximate surface area is 107 Å². The molecule has 0 amide bonds. The zero-order chi connectivity index (χ0) is 14.0. The first-order valence-electron chi connectivity index (χ1n) is 5.39. The van der Waals surface area contributed by atoms with Crippen molar-refractivity contribution in [2.45, 2.75) is 6.18 Å². The molecular weight excluding hydrogens is 253 g/mol. The normalized spacial score (nSPS) is 11.1. The first kappa shape index (κ1) is 13.0. The van der Waals surface area contributed by atoms with Crippen LogP contribution in [0.25, 0.3) is 11.1 Å². The van der Waals surface area contributed by atoms with Gasteiger partial charge in [0.05, 0.1) is 16.8 Å². The molecule has 0 saturated heterocycles. The molecule has 96 valence electrons. The lowest BCUT2D eigenvalue weighted by atomic mass is 9.99. The van der Waals surface area contributed by atoms with Crippen LogP contribution in [0, 0.1) is 11.3 Å². The van der Waals surface area contributed by atoms with Crippen molar-refractivity contribution in [3.63, 3.8) is 0 Å². The highest BCUT2D eigenvalue weighted by molar-refractivity contribution is 5.80. The molecule has 2 aromatic carbocycles.